The van der Waals surface area contributed by atoms with Gasteiger partial charge >= 0.3 is 0 Å². The molecule has 0 amide bonds. The Bertz CT molecular complexity index is 472. The zero-order valence-corrected chi connectivity index (χ0v) is 10.8. The first-order chi connectivity index (χ1) is 7.98. The third-order valence-electron chi connectivity index (χ3n) is 2.97. The van der Waals surface area contributed by atoms with Crippen LogP contribution >= 0.6 is 0 Å². The van der Waals surface area contributed by atoms with E-state index in [4.69, 9.17) is 0 Å². The monoisotopic (exact) mass is 225 g/mol. The molecule has 1 aromatic carbocycles. The van der Waals surface area contributed by atoms with Gasteiger partial charge in [0.15, 0.2) is 0 Å². The Morgan fingerprint density at radius 1 is 1.12 bits per heavy atom. The average molecular weight is 225 g/mol. The molecule has 0 radical (unpaired) electrons. The highest BCUT2D eigenvalue weighted by Crippen LogP contribution is 2.32. The van der Waals surface area contributed by atoms with Crippen molar-refractivity contribution in [3.8, 4) is 0 Å². The van der Waals surface area contributed by atoms with Crippen LogP contribution in [0.5, 0.6) is 0 Å². The number of allylic oxidation sites excluding steroid dienone is 2. The first-order valence-corrected chi connectivity index (χ1v) is 5.91. The highest BCUT2D eigenvalue weighted by Gasteiger charge is 2.21. The first-order valence-electron chi connectivity index (χ1n) is 5.91. The summed E-state index contributed by atoms with van der Waals surface area (Å²) in [5.74, 6) is 0. The molecule has 0 aromatic heterocycles. The second-order valence-corrected chi connectivity index (χ2v) is 5.39. The molecule has 0 atom stereocenters. The molecule has 0 fully saturated rings. The highest BCUT2D eigenvalue weighted by molar-refractivity contribution is 5.42. The van der Waals surface area contributed by atoms with Crippen LogP contribution in [0.2, 0.25) is 0 Å². The van der Waals surface area contributed by atoms with E-state index in [9.17, 15) is 0 Å². The summed E-state index contributed by atoms with van der Waals surface area (Å²) in [6.07, 6.45) is 6.39. The van der Waals surface area contributed by atoms with Crippen LogP contribution in [0.3, 0.4) is 0 Å². The van der Waals surface area contributed by atoms with E-state index in [0.717, 1.165) is 6.04 Å². The fraction of sp³-hybridized carbons (Fsp3) is 0.250. The molecule has 0 spiro atoms. The van der Waals surface area contributed by atoms with Gasteiger partial charge in [-0.05, 0) is 17.1 Å². The molecule has 1 aliphatic heterocycles. The van der Waals surface area contributed by atoms with Crippen LogP contribution in [0.1, 0.15) is 26.3 Å². The predicted molar refractivity (Wildman–Crippen MR) is 72.8 cm³/mol. The van der Waals surface area contributed by atoms with Crippen molar-refractivity contribution in [2.75, 3.05) is 0 Å². The molecule has 0 unspecified atom stereocenters. The first kappa shape index (κ1) is 11.7. The third-order valence-corrected chi connectivity index (χ3v) is 2.97. The van der Waals surface area contributed by atoms with Crippen LogP contribution in [0.25, 0.3) is 0 Å². The van der Waals surface area contributed by atoms with E-state index in [2.05, 4.69) is 63.9 Å². The van der Waals surface area contributed by atoms with Gasteiger partial charge in [-0.15, -0.1) is 12.1 Å². The van der Waals surface area contributed by atoms with Crippen molar-refractivity contribution < 1.29 is 4.58 Å². The Balaban J connectivity index is 2.38. The molecule has 1 aliphatic rings. The van der Waals surface area contributed by atoms with Crippen LogP contribution in [0.15, 0.2) is 54.3 Å². The number of benzene rings is 1. The lowest BCUT2D eigenvalue weighted by Gasteiger charge is -2.27. The van der Waals surface area contributed by atoms with Crippen LogP contribution < -0.4 is 0 Å². The van der Waals surface area contributed by atoms with Crippen molar-refractivity contribution in [3.05, 3.63) is 65.9 Å². The summed E-state index contributed by atoms with van der Waals surface area (Å²) in [4.78, 5) is 0. The maximum absolute atomic E-state index is 4.04. The predicted octanol–water partition coefficient (Wildman–Crippen LogP) is 3.78. The fourth-order valence-electron chi connectivity index (χ4n) is 1.85. The summed E-state index contributed by atoms with van der Waals surface area (Å²) in [6, 6.07) is 11.5. The Kier molecular flexibility index (Phi) is 2.93. The lowest BCUT2D eigenvalue weighted by molar-refractivity contribution is -0.418. The van der Waals surface area contributed by atoms with Crippen molar-refractivity contribution in [1.29, 1.82) is 0 Å². The molecule has 0 aliphatic carbocycles. The van der Waals surface area contributed by atoms with Crippen molar-refractivity contribution in [3.63, 3.8) is 0 Å². The highest BCUT2D eigenvalue weighted by atomic mass is 15.0. The van der Waals surface area contributed by atoms with Gasteiger partial charge in [-0.3, -0.25) is 4.58 Å². The van der Waals surface area contributed by atoms with E-state index in [0.29, 0.717) is 0 Å². The van der Waals surface area contributed by atoms with Gasteiger partial charge in [-0.1, -0.05) is 50.6 Å². The Morgan fingerprint density at radius 2 is 1.76 bits per heavy atom. The van der Waals surface area contributed by atoms with Gasteiger partial charge in [0, 0.05) is 0 Å². The standard InChI is InChI=1S/C16H19N/c1-16(2,3)14-10-11-17(4)15(12-14)13-8-6-5-7-9-13/h5-12H,4H2,1-3H3. The smallest absolute Gasteiger partial charge is 0.147 e. The molecule has 1 aromatic rings. The molecule has 0 bridgehead atoms. The lowest BCUT2D eigenvalue weighted by Crippen LogP contribution is -2.19. The van der Waals surface area contributed by atoms with Gasteiger partial charge in [-0.2, -0.15) is 0 Å². The van der Waals surface area contributed by atoms with Gasteiger partial charge in [0.2, 0.25) is 0 Å². The summed E-state index contributed by atoms with van der Waals surface area (Å²) < 4.78 is 1.92. The largest absolute Gasteiger partial charge is 0.255 e. The second kappa shape index (κ2) is 4.25. The zero-order valence-electron chi connectivity index (χ0n) is 10.8. The Hall–Kier alpha value is -1.76. The van der Waals surface area contributed by atoms with Crippen LogP contribution in [-0.2, 0) is 0 Å². The van der Waals surface area contributed by atoms with Crippen molar-refractivity contribution in [2.24, 2.45) is 5.41 Å². The molecule has 0 saturated heterocycles. The maximum Gasteiger partial charge on any atom is 0.147 e. The fourth-order valence-corrected chi connectivity index (χ4v) is 1.85. The summed E-state index contributed by atoms with van der Waals surface area (Å²) in [5.41, 5.74) is 2.70. The second-order valence-electron chi connectivity index (χ2n) is 5.39. The SMILES string of the molecule is C=[N+]1C=CC(C(C)(C)C)=C[C-]1c1ccccc1. The third kappa shape index (κ3) is 2.50. The molecular formula is C16H19N. The van der Waals surface area contributed by atoms with Crippen LogP contribution in [-0.4, -0.2) is 11.3 Å². The summed E-state index contributed by atoms with van der Waals surface area (Å²) in [6.45, 7) is 10.7. The van der Waals surface area contributed by atoms with Gasteiger partial charge < -0.3 is 0 Å². The Labute approximate surface area is 104 Å². The zero-order chi connectivity index (χ0) is 12.5. The molecule has 0 N–H and O–H groups in total. The summed E-state index contributed by atoms with van der Waals surface area (Å²) in [5, 5.41) is 0. The van der Waals surface area contributed by atoms with E-state index in [1.807, 2.05) is 16.8 Å². The quantitative estimate of drug-likeness (QED) is 0.505. The van der Waals surface area contributed by atoms with Gasteiger partial charge in [-0.25, -0.2) is 0 Å². The average Bonchev–Trinajstić information content (AvgIpc) is 2.29. The normalized spacial score (nSPS) is 16.1. The van der Waals surface area contributed by atoms with E-state index in [1.165, 1.54) is 11.1 Å². The number of hydrogen-bond donors (Lipinski definition) is 0. The Morgan fingerprint density at radius 3 is 2.35 bits per heavy atom. The minimum absolute atomic E-state index is 0.164. The van der Waals surface area contributed by atoms with Gasteiger partial charge in [0.25, 0.3) is 0 Å². The maximum atomic E-state index is 4.04. The van der Waals surface area contributed by atoms with Crippen molar-refractivity contribution in [1.82, 2.24) is 0 Å². The van der Waals surface area contributed by atoms with Crippen molar-refractivity contribution >= 4 is 6.72 Å². The molecule has 88 valence electrons. The van der Waals surface area contributed by atoms with Gasteiger partial charge in [0.1, 0.15) is 12.2 Å². The van der Waals surface area contributed by atoms with E-state index in [-0.39, 0.29) is 5.41 Å². The van der Waals surface area contributed by atoms with E-state index in [1.54, 1.807) is 0 Å². The van der Waals surface area contributed by atoms with Crippen LogP contribution in [0.4, 0.5) is 0 Å². The minimum atomic E-state index is 0.164. The number of rotatable bonds is 1. The summed E-state index contributed by atoms with van der Waals surface area (Å²) >= 11 is 0. The molecule has 1 heteroatoms. The van der Waals surface area contributed by atoms with Crippen LogP contribution in [0, 0.1) is 11.5 Å². The lowest BCUT2D eigenvalue weighted by atomic mass is 9.83. The van der Waals surface area contributed by atoms with Gasteiger partial charge in [0.05, 0.1) is 6.72 Å². The molecule has 2 rings (SSSR count). The molecule has 1 heterocycles. The molecular weight excluding hydrogens is 206 g/mol. The molecule has 0 saturated carbocycles. The molecule has 1 nitrogen and oxygen atoms in total. The van der Waals surface area contributed by atoms with Crippen molar-refractivity contribution in [2.45, 2.75) is 20.8 Å². The molecule has 17 heavy (non-hydrogen) atoms. The summed E-state index contributed by atoms with van der Waals surface area (Å²) in [7, 11) is 0. The van der Waals surface area contributed by atoms with E-state index < -0.39 is 0 Å². The number of nitrogens with zero attached hydrogens (tertiary/aromatic N) is 1. The minimum Gasteiger partial charge on any atom is -0.255 e. The number of hydrogen-bond acceptors (Lipinski definition) is 0. The van der Waals surface area contributed by atoms with E-state index >= 15 is 0 Å². The topological polar surface area (TPSA) is 3.01 Å².